The maximum Gasteiger partial charge on any atom is 0.416 e. The number of ether oxygens (including phenoxy) is 2. The number of anilines is 1. The Morgan fingerprint density at radius 2 is 1.87 bits per heavy atom. The average Bonchev–Trinajstić information content (AvgIpc) is 3.72. The number of carbonyl (C=O) groups excluding carboxylic acids is 1. The number of carbonyl (C=O) groups is 2. The van der Waals surface area contributed by atoms with E-state index in [1.807, 2.05) is 0 Å². The Kier molecular flexibility index (Phi) is 7.36. The predicted molar refractivity (Wildman–Crippen MR) is 150 cm³/mol. The lowest BCUT2D eigenvalue weighted by Gasteiger charge is -2.38. The maximum atomic E-state index is 13.7. The Morgan fingerprint density at radius 3 is 2.49 bits per heavy atom. The van der Waals surface area contributed by atoms with Crippen LogP contribution < -0.4 is 9.64 Å². The minimum Gasteiger partial charge on any atom is -0.496 e. The summed E-state index contributed by atoms with van der Waals surface area (Å²) in [5, 5.41) is 9.44. The summed E-state index contributed by atoms with van der Waals surface area (Å²) in [5.74, 6) is -4.08. The number of aliphatic carboxylic acids is 1. The van der Waals surface area contributed by atoms with Gasteiger partial charge < -0.3 is 19.5 Å². The third-order valence-corrected chi connectivity index (χ3v) is 8.50. The molecule has 2 saturated heterocycles. The number of cyclic esters (lactones) is 1. The SMILES string of the molecule is COc1ccc(C2C[C@H]2C(=O)O)cc1-c1cnc(N2CC(F)(F)C2)nc1CN1C(=O)O[C@H](c2cc(C)cc(C(F)(F)F)c2)[C@@H]1C. The van der Waals surface area contributed by atoms with Crippen molar-refractivity contribution in [3.8, 4) is 16.9 Å². The maximum absolute atomic E-state index is 13.7. The van der Waals surface area contributed by atoms with Crippen LogP contribution in [-0.2, 0) is 22.3 Å². The second kappa shape index (κ2) is 10.8. The van der Waals surface area contributed by atoms with Gasteiger partial charge >= 0.3 is 18.2 Å². The minimum atomic E-state index is -4.59. The van der Waals surface area contributed by atoms with Gasteiger partial charge in [0.1, 0.15) is 11.9 Å². The van der Waals surface area contributed by atoms with E-state index in [1.165, 1.54) is 36.1 Å². The third kappa shape index (κ3) is 5.85. The van der Waals surface area contributed by atoms with Crippen LogP contribution in [0.4, 0.5) is 32.7 Å². The molecule has 238 valence electrons. The number of amides is 1. The van der Waals surface area contributed by atoms with E-state index in [0.29, 0.717) is 28.9 Å². The summed E-state index contributed by atoms with van der Waals surface area (Å²) in [7, 11) is 1.45. The molecule has 1 saturated carbocycles. The first kappa shape index (κ1) is 30.5. The molecule has 0 spiro atoms. The molecule has 3 aliphatic rings. The fourth-order valence-electron chi connectivity index (χ4n) is 6.02. The van der Waals surface area contributed by atoms with Gasteiger partial charge in [-0.1, -0.05) is 17.7 Å². The molecule has 1 unspecified atom stereocenters. The third-order valence-electron chi connectivity index (χ3n) is 8.50. The number of alkyl halides is 5. The molecule has 3 aromatic rings. The zero-order chi connectivity index (χ0) is 32.4. The number of hydrogen-bond acceptors (Lipinski definition) is 7. The van der Waals surface area contributed by atoms with Crippen LogP contribution in [0.2, 0.25) is 0 Å². The summed E-state index contributed by atoms with van der Waals surface area (Å²) < 4.78 is 79.2. The number of carboxylic acid groups (broad SMARTS) is 1. The predicted octanol–water partition coefficient (Wildman–Crippen LogP) is 6.20. The molecule has 0 bridgehead atoms. The molecule has 1 aromatic heterocycles. The molecule has 3 fully saturated rings. The highest BCUT2D eigenvalue weighted by atomic mass is 19.4. The number of nitrogens with zero attached hydrogens (tertiary/aromatic N) is 4. The van der Waals surface area contributed by atoms with E-state index in [-0.39, 0.29) is 29.7 Å². The van der Waals surface area contributed by atoms with Crippen LogP contribution in [-0.4, -0.2) is 64.2 Å². The number of halogens is 5. The number of rotatable bonds is 8. The van der Waals surface area contributed by atoms with Gasteiger partial charge in [-0.2, -0.15) is 13.2 Å². The van der Waals surface area contributed by atoms with E-state index in [1.54, 1.807) is 25.1 Å². The number of aromatic nitrogens is 2. The topological polar surface area (TPSA) is 105 Å². The van der Waals surface area contributed by atoms with Crippen LogP contribution in [0.1, 0.15) is 53.3 Å². The number of methoxy groups -OCH3 is 1. The number of carboxylic acids is 1. The Bertz CT molecular complexity index is 1670. The van der Waals surface area contributed by atoms with Crippen molar-refractivity contribution < 1.29 is 46.1 Å². The van der Waals surface area contributed by atoms with Crippen molar-refractivity contribution in [2.45, 2.75) is 57.0 Å². The highest BCUT2D eigenvalue weighted by Crippen LogP contribution is 2.49. The molecular weight excluding hydrogens is 603 g/mol. The van der Waals surface area contributed by atoms with E-state index in [0.717, 1.165) is 17.7 Å². The molecule has 2 aliphatic heterocycles. The van der Waals surface area contributed by atoms with E-state index < -0.39 is 60.9 Å². The standard InChI is InChI=1S/C31H29F5N4O5/c1-15-6-18(8-19(7-15)31(34,35)36)26-16(2)40(29(43)45-26)12-24-23(11-37-28(38-24)39-13-30(32,33)14-39)21-9-17(4-5-25(21)44-3)20-10-22(20)27(41)42/h4-9,11,16,20,22,26H,10,12-14H2,1-3H3,(H,41,42)/t16-,20?,22+,26-/m0/s1. The fourth-order valence-corrected chi connectivity index (χ4v) is 6.02. The molecule has 45 heavy (non-hydrogen) atoms. The van der Waals surface area contributed by atoms with Crippen LogP contribution >= 0.6 is 0 Å². The fraction of sp³-hybridized carbons (Fsp3) is 0.419. The first-order valence-corrected chi connectivity index (χ1v) is 14.2. The highest BCUT2D eigenvalue weighted by Gasteiger charge is 2.47. The van der Waals surface area contributed by atoms with E-state index >= 15 is 0 Å². The molecule has 2 aromatic carbocycles. The minimum absolute atomic E-state index is 0.0215. The summed E-state index contributed by atoms with van der Waals surface area (Å²) in [4.78, 5) is 36.2. The van der Waals surface area contributed by atoms with E-state index in [2.05, 4.69) is 9.97 Å². The Balaban J connectivity index is 1.37. The van der Waals surface area contributed by atoms with E-state index in [4.69, 9.17) is 9.47 Å². The summed E-state index contributed by atoms with van der Waals surface area (Å²) >= 11 is 0. The summed E-state index contributed by atoms with van der Waals surface area (Å²) in [5.41, 5.74) is 1.61. The molecule has 0 radical (unpaired) electrons. The lowest BCUT2D eigenvalue weighted by molar-refractivity contribution is -0.139. The van der Waals surface area contributed by atoms with Crippen molar-refractivity contribution >= 4 is 18.0 Å². The van der Waals surface area contributed by atoms with Gasteiger partial charge in [-0.15, -0.1) is 0 Å². The number of benzene rings is 2. The zero-order valence-corrected chi connectivity index (χ0v) is 24.4. The summed E-state index contributed by atoms with van der Waals surface area (Å²) in [6.45, 7) is 1.82. The lowest BCUT2D eigenvalue weighted by atomic mass is 9.97. The molecule has 4 atom stereocenters. The Labute approximate surface area is 254 Å². The van der Waals surface area contributed by atoms with E-state index in [9.17, 15) is 36.6 Å². The van der Waals surface area contributed by atoms with Gasteiger partial charge in [-0.3, -0.25) is 9.69 Å². The Morgan fingerprint density at radius 1 is 1.13 bits per heavy atom. The van der Waals surface area contributed by atoms with Crippen LogP contribution in [0.25, 0.3) is 11.1 Å². The summed E-state index contributed by atoms with van der Waals surface area (Å²) in [6, 6.07) is 8.01. The largest absolute Gasteiger partial charge is 0.496 e. The van der Waals surface area contributed by atoms with Crippen molar-refractivity contribution in [3.05, 3.63) is 70.5 Å². The van der Waals surface area contributed by atoms with Crippen LogP contribution in [0.5, 0.6) is 5.75 Å². The second-order valence-electron chi connectivity index (χ2n) is 11.8. The Hall–Kier alpha value is -4.49. The first-order valence-electron chi connectivity index (χ1n) is 14.2. The smallest absolute Gasteiger partial charge is 0.416 e. The van der Waals surface area contributed by atoms with Gasteiger partial charge in [0.05, 0.1) is 50.0 Å². The van der Waals surface area contributed by atoms with Crippen LogP contribution in [0, 0.1) is 12.8 Å². The van der Waals surface area contributed by atoms with Crippen molar-refractivity contribution in [2.24, 2.45) is 5.92 Å². The van der Waals surface area contributed by atoms with Crippen molar-refractivity contribution in [1.29, 1.82) is 0 Å². The van der Waals surface area contributed by atoms with Crippen LogP contribution in [0.15, 0.2) is 42.6 Å². The number of aryl methyl sites for hydroxylation is 1. The first-order chi connectivity index (χ1) is 21.1. The lowest BCUT2D eigenvalue weighted by Crippen LogP contribution is -2.57. The van der Waals surface area contributed by atoms with Crippen LogP contribution in [0.3, 0.4) is 0 Å². The van der Waals surface area contributed by atoms with Gasteiger partial charge in [-0.25, -0.2) is 23.5 Å². The quantitative estimate of drug-likeness (QED) is 0.293. The normalized spacial score (nSPS) is 23.9. The molecular formula is C31H29F5N4O5. The number of hydrogen-bond donors (Lipinski definition) is 1. The highest BCUT2D eigenvalue weighted by molar-refractivity contribution is 5.78. The molecule has 14 heteroatoms. The molecule has 9 nitrogen and oxygen atoms in total. The average molecular weight is 633 g/mol. The van der Waals surface area contributed by atoms with Crippen molar-refractivity contribution in [2.75, 3.05) is 25.1 Å². The van der Waals surface area contributed by atoms with Gasteiger partial charge in [0.2, 0.25) is 5.95 Å². The van der Waals surface area contributed by atoms with Gasteiger partial charge in [0.15, 0.2) is 0 Å². The summed E-state index contributed by atoms with van der Waals surface area (Å²) in [6.07, 6.45) is -4.48. The van der Waals surface area contributed by atoms with Crippen molar-refractivity contribution in [1.82, 2.24) is 14.9 Å². The molecule has 1 N–H and O–H groups in total. The molecule has 6 rings (SSSR count). The van der Waals surface area contributed by atoms with Crippen molar-refractivity contribution in [3.63, 3.8) is 0 Å². The molecule has 1 aliphatic carbocycles. The van der Waals surface area contributed by atoms with Gasteiger partial charge in [-0.05, 0) is 61.6 Å². The second-order valence-corrected chi connectivity index (χ2v) is 11.8. The molecule has 3 heterocycles. The molecule has 1 amide bonds. The zero-order valence-electron chi connectivity index (χ0n) is 24.4. The van der Waals surface area contributed by atoms with Gasteiger partial charge in [0.25, 0.3) is 5.92 Å². The monoisotopic (exact) mass is 632 g/mol. The van der Waals surface area contributed by atoms with Gasteiger partial charge in [0, 0.05) is 17.3 Å².